The van der Waals surface area contributed by atoms with E-state index in [4.69, 9.17) is 33.2 Å². The highest BCUT2D eigenvalue weighted by Crippen LogP contribution is 2.37. The van der Waals surface area contributed by atoms with Crippen molar-refractivity contribution in [2.75, 3.05) is 51.0 Å². The van der Waals surface area contributed by atoms with Gasteiger partial charge >= 0.3 is 0 Å². The number of rotatable bonds is 17. The first-order valence-electron chi connectivity index (χ1n) is 22.4. The van der Waals surface area contributed by atoms with E-state index in [-0.39, 0.29) is 34.5 Å². The molecule has 6 rings (SSSR count). The Morgan fingerprint density at radius 3 is 1.93 bits per heavy atom. The van der Waals surface area contributed by atoms with Gasteiger partial charge in [0.25, 0.3) is 0 Å². The van der Waals surface area contributed by atoms with Crippen molar-refractivity contribution in [2.45, 2.75) is 205 Å². The molecule has 9 heteroatoms. The van der Waals surface area contributed by atoms with Crippen molar-refractivity contribution < 1.29 is 33.2 Å². The fraction of sp³-hybridized carbons (Fsp3) is 0.833. The molecule has 2 unspecified atom stereocenters. The summed E-state index contributed by atoms with van der Waals surface area (Å²) in [5, 5.41) is 0. The van der Waals surface area contributed by atoms with E-state index in [1.807, 2.05) is 0 Å². The first-order valence-corrected chi connectivity index (χ1v) is 22.4. The van der Waals surface area contributed by atoms with Crippen molar-refractivity contribution in [1.29, 1.82) is 0 Å². The SMILES string of the molecule is CC(C)(C)OC1CC(OCC2CC(OCCOC3CN(C(C)(C)C)C3CC(C)(C)OCC#Cc3cccc(N4CCC(OC5CC(OC(C)(C)C)C5)CC4)c3)C2)C1. The molecule has 0 bridgehead atoms. The van der Waals surface area contributed by atoms with Gasteiger partial charge in [0.1, 0.15) is 6.61 Å². The minimum Gasteiger partial charge on any atom is -0.378 e. The molecule has 3 saturated carbocycles. The van der Waals surface area contributed by atoms with Crippen LogP contribution >= 0.6 is 0 Å². The molecule has 2 aliphatic heterocycles. The van der Waals surface area contributed by atoms with Crippen molar-refractivity contribution in [3.8, 4) is 11.8 Å². The van der Waals surface area contributed by atoms with Gasteiger partial charge in [-0.1, -0.05) is 17.9 Å². The smallest absolute Gasteiger partial charge is 0.108 e. The molecule has 9 nitrogen and oxygen atoms in total. The van der Waals surface area contributed by atoms with Gasteiger partial charge in [0.2, 0.25) is 0 Å². The van der Waals surface area contributed by atoms with Crippen LogP contribution in [-0.2, 0) is 33.2 Å². The summed E-state index contributed by atoms with van der Waals surface area (Å²) in [5.74, 6) is 7.29. The lowest BCUT2D eigenvalue weighted by Crippen LogP contribution is -2.68. The van der Waals surface area contributed by atoms with Crippen LogP contribution in [0.2, 0.25) is 0 Å². The highest BCUT2D eigenvalue weighted by atomic mass is 16.5. The van der Waals surface area contributed by atoms with Gasteiger partial charge in [0.15, 0.2) is 0 Å². The van der Waals surface area contributed by atoms with Crippen molar-refractivity contribution >= 4 is 5.69 Å². The van der Waals surface area contributed by atoms with Gasteiger partial charge in [0.05, 0.1) is 72.7 Å². The van der Waals surface area contributed by atoms with E-state index in [2.05, 4.69) is 122 Å². The summed E-state index contributed by atoms with van der Waals surface area (Å²) < 4.78 is 43.8. The third kappa shape index (κ3) is 13.9. The van der Waals surface area contributed by atoms with Gasteiger partial charge in [-0.2, -0.15) is 0 Å². The first kappa shape index (κ1) is 44.8. The number of likely N-dealkylation sites (tertiary alicyclic amines) is 1. The maximum absolute atomic E-state index is 6.44. The fourth-order valence-electron chi connectivity index (χ4n) is 9.03. The largest absolute Gasteiger partial charge is 0.378 e. The molecule has 2 heterocycles. The second-order valence-corrected chi connectivity index (χ2v) is 21.3. The third-order valence-electron chi connectivity index (χ3n) is 12.2. The lowest BCUT2D eigenvalue weighted by atomic mass is 9.82. The molecule has 0 radical (unpaired) electrons. The average molecular weight is 795 g/mol. The van der Waals surface area contributed by atoms with E-state index in [1.165, 1.54) is 5.69 Å². The summed E-state index contributed by atoms with van der Waals surface area (Å²) in [6, 6.07) is 8.92. The van der Waals surface area contributed by atoms with Crippen LogP contribution in [0.3, 0.4) is 0 Å². The maximum Gasteiger partial charge on any atom is 0.108 e. The molecule has 57 heavy (non-hydrogen) atoms. The Bertz CT molecular complexity index is 1460. The molecule has 5 fully saturated rings. The molecule has 0 amide bonds. The number of ether oxygens (including phenoxy) is 7. The molecule has 0 spiro atoms. The quantitative estimate of drug-likeness (QED) is 0.114. The Labute approximate surface area is 346 Å². The van der Waals surface area contributed by atoms with E-state index in [0.717, 1.165) is 89.6 Å². The van der Waals surface area contributed by atoms with E-state index >= 15 is 0 Å². The average Bonchev–Trinajstić information content (AvgIpc) is 3.05. The number of hydrogen-bond acceptors (Lipinski definition) is 9. The van der Waals surface area contributed by atoms with Gasteiger partial charge in [0, 0.05) is 49.1 Å². The molecular weight excluding hydrogens is 717 g/mol. The van der Waals surface area contributed by atoms with Crippen LogP contribution in [0.15, 0.2) is 24.3 Å². The van der Waals surface area contributed by atoms with Crippen LogP contribution in [0.1, 0.15) is 140 Å². The second-order valence-electron chi connectivity index (χ2n) is 21.3. The number of benzene rings is 1. The molecule has 0 aromatic heterocycles. The molecule has 3 aliphatic carbocycles. The van der Waals surface area contributed by atoms with Crippen LogP contribution in [-0.4, -0.2) is 122 Å². The highest BCUT2D eigenvalue weighted by molar-refractivity contribution is 5.53. The van der Waals surface area contributed by atoms with Crippen molar-refractivity contribution in [2.24, 2.45) is 5.92 Å². The minimum absolute atomic E-state index is 0.0643. The zero-order chi connectivity index (χ0) is 41.0. The Hall–Kier alpha value is -1.74. The lowest BCUT2D eigenvalue weighted by molar-refractivity contribution is -0.173. The van der Waals surface area contributed by atoms with E-state index in [1.54, 1.807) is 0 Å². The molecular formula is C48H78N2O7. The summed E-state index contributed by atoms with van der Waals surface area (Å²) in [6.07, 6.45) is 11.5. The molecule has 2 saturated heterocycles. The number of anilines is 1. The minimum atomic E-state index is -0.335. The van der Waals surface area contributed by atoms with Crippen LogP contribution in [0.4, 0.5) is 5.69 Å². The fourth-order valence-corrected chi connectivity index (χ4v) is 9.03. The number of piperidine rings is 1. The Morgan fingerprint density at radius 2 is 1.30 bits per heavy atom. The summed E-state index contributed by atoms with van der Waals surface area (Å²) in [6.45, 7) is 29.4. The summed E-state index contributed by atoms with van der Waals surface area (Å²) in [7, 11) is 0. The third-order valence-corrected chi connectivity index (χ3v) is 12.2. The van der Waals surface area contributed by atoms with Gasteiger partial charge < -0.3 is 38.1 Å². The zero-order valence-electron chi connectivity index (χ0n) is 37.6. The van der Waals surface area contributed by atoms with Gasteiger partial charge in [-0.3, -0.25) is 4.90 Å². The standard InChI is InChI=1S/C48H78N2O7/c1-45(2,3)50-32-44(52-23-22-51-38-25-35(26-38)33-53-39-27-41(28-39)56-46(4,5)6)43(50)31-48(10,11)54-21-13-15-34-14-12-16-36(24-34)49-19-17-37(18-20-49)55-40-29-42(30-40)57-47(7,8)9/h12,14,16,24,35,37-44H,17-23,25-33H2,1-11H3. The molecule has 1 aromatic rings. The molecule has 0 N–H and O–H groups in total. The van der Waals surface area contributed by atoms with Gasteiger partial charge in [-0.05, 0) is 158 Å². The Kier molecular flexibility index (Phi) is 14.9. The van der Waals surface area contributed by atoms with Gasteiger partial charge in [-0.25, -0.2) is 0 Å². The molecule has 322 valence electrons. The maximum atomic E-state index is 6.44. The Balaban J connectivity index is 0.856. The van der Waals surface area contributed by atoms with Crippen LogP contribution in [0.5, 0.6) is 0 Å². The van der Waals surface area contributed by atoms with Crippen LogP contribution in [0, 0.1) is 17.8 Å². The van der Waals surface area contributed by atoms with Crippen molar-refractivity contribution in [3.63, 3.8) is 0 Å². The number of hydrogen-bond donors (Lipinski definition) is 0. The van der Waals surface area contributed by atoms with Crippen LogP contribution < -0.4 is 4.90 Å². The monoisotopic (exact) mass is 795 g/mol. The predicted octanol–water partition coefficient (Wildman–Crippen LogP) is 8.58. The van der Waals surface area contributed by atoms with Crippen molar-refractivity contribution in [1.82, 2.24) is 4.90 Å². The van der Waals surface area contributed by atoms with Crippen LogP contribution in [0.25, 0.3) is 0 Å². The van der Waals surface area contributed by atoms with E-state index in [0.29, 0.717) is 62.4 Å². The summed E-state index contributed by atoms with van der Waals surface area (Å²) in [4.78, 5) is 5.02. The first-order chi connectivity index (χ1) is 26.8. The highest BCUT2D eigenvalue weighted by Gasteiger charge is 2.47. The van der Waals surface area contributed by atoms with E-state index in [9.17, 15) is 0 Å². The topological polar surface area (TPSA) is 71.1 Å². The van der Waals surface area contributed by atoms with E-state index < -0.39 is 0 Å². The second kappa shape index (κ2) is 18.9. The molecule has 5 aliphatic rings. The molecule has 1 aromatic carbocycles. The zero-order valence-corrected chi connectivity index (χ0v) is 37.6. The van der Waals surface area contributed by atoms with Gasteiger partial charge in [-0.15, -0.1) is 0 Å². The lowest BCUT2D eigenvalue weighted by Gasteiger charge is -2.56. The summed E-state index contributed by atoms with van der Waals surface area (Å²) >= 11 is 0. The van der Waals surface area contributed by atoms with Crippen molar-refractivity contribution in [3.05, 3.63) is 29.8 Å². The Morgan fingerprint density at radius 1 is 0.684 bits per heavy atom. The predicted molar refractivity (Wildman–Crippen MR) is 228 cm³/mol. The molecule has 2 atom stereocenters. The normalized spacial score (nSPS) is 30.1. The summed E-state index contributed by atoms with van der Waals surface area (Å²) in [5.41, 5.74) is 1.84. The number of nitrogens with zero attached hydrogens (tertiary/aromatic N) is 2.